The molecule has 1 heterocycles. The number of nitrogens with one attached hydrogen (secondary N) is 1. The van der Waals surface area contributed by atoms with Gasteiger partial charge in [-0.3, -0.25) is 0 Å². The van der Waals surface area contributed by atoms with Crippen LogP contribution in [0.15, 0.2) is 22.7 Å². The third-order valence-electron chi connectivity index (χ3n) is 4.10. The lowest BCUT2D eigenvalue weighted by Gasteiger charge is -2.36. The van der Waals surface area contributed by atoms with Gasteiger partial charge in [-0.15, -0.1) is 0 Å². The van der Waals surface area contributed by atoms with E-state index in [1.165, 1.54) is 38.9 Å². The molecule has 1 N–H and O–H groups in total. The van der Waals surface area contributed by atoms with Gasteiger partial charge in [0.1, 0.15) is 0 Å². The number of anilines is 1. The van der Waals surface area contributed by atoms with Crippen LogP contribution in [0.2, 0.25) is 5.02 Å². The van der Waals surface area contributed by atoms with E-state index in [9.17, 15) is 0 Å². The van der Waals surface area contributed by atoms with Crippen molar-refractivity contribution in [2.45, 2.75) is 39.2 Å². The van der Waals surface area contributed by atoms with Crippen molar-refractivity contribution in [2.24, 2.45) is 5.92 Å². The Hall–Kier alpha value is -0.250. The van der Waals surface area contributed by atoms with Crippen LogP contribution in [0.5, 0.6) is 0 Å². The second kappa shape index (κ2) is 7.67. The molecule has 1 aliphatic heterocycles. The number of hydrogen-bond acceptors (Lipinski definition) is 2. The molecule has 0 radical (unpaired) electrons. The molecule has 0 aliphatic carbocycles. The highest BCUT2D eigenvalue weighted by Crippen LogP contribution is 2.29. The standard InChI is InChI=1S/C16H24BrClN2/c1-3-8-20-9-4-5-13(11-20)12(2)19-16-10-14(18)6-7-15(16)17/h6-7,10,12-13,19H,3-5,8-9,11H2,1-2H3. The summed E-state index contributed by atoms with van der Waals surface area (Å²) in [5.74, 6) is 0.709. The zero-order chi connectivity index (χ0) is 14.5. The van der Waals surface area contributed by atoms with Crippen LogP contribution in [0.25, 0.3) is 0 Å². The topological polar surface area (TPSA) is 15.3 Å². The molecule has 1 aromatic carbocycles. The molecule has 2 rings (SSSR count). The third-order valence-corrected chi connectivity index (χ3v) is 5.03. The highest BCUT2D eigenvalue weighted by Gasteiger charge is 2.24. The molecular formula is C16H24BrClN2. The van der Waals surface area contributed by atoms with Crippen molar-refractivity contribution in [3.63, 3.8) is 0 Å². The van der Waals surface area contributed by atoms with Crippen molar-refractivity contribution < 1.29 is 0 Å². The zero-order valence-corrected chi connectivity index (χ0v) is 14.7. The average molecular weight is 360 g/mol. The average Bonchev–Trinajstić information content (AvgIpc) is 2.43. The van der Waals surface area contributed by atoms with Crippen molar-refractivity contribution in [1.82, 2.24) is 4.90 Å². The van der Waals surface area contributed by atoms with Crippen molar-refractivity contribution in [2.75, 3.05) is 25.0 Å². The zero-order valence-electron chi connectivity index (χ0n) is 12.3. The van der Waals surface area contributed by atoms with Crippen LogP contribution >= 0.6 is 27.5 Å². The predicted molar refractivity (Wildman–Crippen MR) is 91.7 cm³/mol. The van der Waals surface area contributed by atoms with E-state index in [0.29, 0.717) is 12.0 Å². The maximum atomic E-state index is 6.08. The lowest BCUT2D eigenvalue weighted by atomic mass is 9.91. The largest absolute Gasteiger partial charge is 0.381 e. The molecule has 20 heavy (non-hydrogen) atoms. The molecular weight excluding hydrogens is 336 g/mol. The van der Waals surface area contributed by atoms with E-state index in [1.807, 2.05) is 18.2 Å². The minimum atomic E-state index is 0.462. The highest BCUT2D eigenvalue weighted by molar-refractivity contribution is 9.10. The van der Waals surface area contributed by atoms with Gasteiger partial charge >= 0.3 is 0 Å². The smallest absolute Gasteiger partial charge is 0.0501 e. The summed E-state index contributed by atoms with van der Waals surface area (Å²) in [6, 6.07) is 6.37. The maximum Gasteiger partial charge on any atom is 0.0501 e. The number of rotatable bonds is 5. The SMILES string of the molecule is CCCN1CCCC(C(C)Nc2cc(Cl)ccc2Br)C1. The van der Waals surface area contributed by atoms with Crippen LogP contribution in [-0.2, 0) is 0 Å². The second-order valence-corrected chi connectivity index (χ2v) is 7.05. The van der Waals surface area contributed by atoms with Gasteiger partial charge in [-0.2, -0.15) is 0 Å². The Kier molecular flexibility index (Phi) is 6.19. The fraction of sp³-hybridized carbons (Fsp3) is 0.625. The van der Waals surface area contributed by atoms with Crippen LogP contribution in [-0.4, -0.2) is 30.6 Å². The normalized spacial score (nSPS) is 21.7. The molecule has 2 atom stereocenters. The predicted octanol–water partition coefficient (Wildman–Crippen LogP) is 5.02. The van der Waals surface area contributed by atoms with Crippen LogP contribution in [0.1, 0.15) is 33.1 Å². The van der Waals surface area contributed by atoms with Gasteiger partial charge in [0.2, 0.25) is 0 Å². The molecule has 0 aromatic heterocycles. The van der Waals surface area contributed by atoms with Crippen LogP contribution in [0, 0.1) is 5.92 Å². The molecule has 2 nitrogen and oxygen atoms in total. The number of hydrogen-bond donors (Lipinski definition) is 1. The van der Waals surface area contributed by atoms with E-state index in [1.54, 1.807) is 0 Å². The fourth-order valence-corrected chi connectivity index (χ4v) is 3.52. The van der Waals surface area contributed by atoms with Crippen molar-refractivity contribution in [3.05, 3.63) is 27.7 Å². The van der Waals surface area contributed by atoms with Crippen molar-refractivity contribution in [3.8, 4) is 0 Å². The summed E-state index contributed by atoms with van der Waals surface area (Å²) in [6.07, 6.45) is 3.87. The number of likely N-dealkylation sites (tertiary alicyclic amines) is 1. The summed E-state index contributed by atoms with van der Waals surface area (Å²) in [7, 11) is 0. The first-order valence-electron chi connectivity index (χ1n) is 7.54. The Morgan fingerprint density at radius 1 is 1.50 bits per heavy atom. The van der Waals surface area contributed by atoms with Gasteiger partial charge in [0.25, 0.3) is 0 Å². The van der Waals surface area contributed by atoms with Gasteiger partial charge < -0.3 is 10.2 Å². The molecule has 0 spiro atoms. The number of benzene rings is 1. The molecule has 0 amide bonds. The molecule has 0 saturated carbocycles. The maximum absolute atomic E-state index is 6.08. The Morgan fingerprint density at radius 3 is 3.05 bits per heavy atom. The molecule has 1 fully saturated rings. The summed E-state index contributed by atoms with van der Waals surface area (Å²) in [5.41, 5.74) is 1.10. The summed E-state index contributed by atoms with van der Waals surface area (Å²) in [5, 5.41) is 4.40. The monoisotopic (exact) mass is 358 g/mol. The molecule has 2 unspecified atom stereocenters. The molecule has 0 bridgehead atoms. The Morgan fingerprint density at radius 2 is 2.30 bits per heavy atom. The van der Waals surface area contributed by atoms with Gasteiger partial charge in [0.15, 0.2) is 0 Å². The minimum Gasteiger partial charge on any atom is -0.381 e. The first-order valence-corrected chi connectivity index (χ1v) is 8.71. The molecule has 112 valence electrons. The van der Waals surface area contributed by atoms with E-state index in [2.05, 4.69) is 40.0 Å². The Labute approximate surface area is 136 Å². The summed E-state index contributed by atoms with van der Waals surface area (Å²) >= 11 is 9.67. The molecule has 1 aliphatic rings. The van der Waals surface area contributed by atoms with Crippen molar-refractivity contribution in [1.29, 1.82) is 0 Å². The van der Waals surface area contributed by atoms with Gasteiger partial charge in [0, 0.05) is 22.1 Å². The van der Waals surface area contributed by atoms with Crippen molar-refractivity contribution >= 4 is 33.2 Å². The number of halogens is 2. The Bertz CT molecular complexity index is 436. The van der Waals surface area contributed by atoms with Gasteiger partial charge in [-0.25, -0.2) is 0 Å². The quantitative estimate of drug-likeness (QED) is 0.793. The lowest BCUT2D eigenvalue weighted by Crippen LogP contribution is -2.42. The van der Waals surface area contributed by atoms with Crippen LogP contribution in [0.3, 0.4) is 0 Å². The molecule has 1 saturated heterocycles. The summed E-state index contributed by atoms with van der Waals surface area (Å²) in [4.78, 5) is 2.60. The molecule has 4 heteroatoms. The fourth-order valence-electron chi connectivity index (χ4n) is 2.99. The summed E-state index contributed by atoms with van der Waals surface area (Å²) in [6.45, 7) is 8.24. The summed E-state index contributed by atoms with van der Waals surface area (Å²) < 4.78 is 1.08. The van der Waals surface area contributed by atoms with E-state index < -0.39 is 0 Å². The second-order valence-electron chi connectivity index (χ2n) is 5.76. The van der Waals surface area contributed by atoms with E-state index in [4.69, 9.17) is 11.6 Å². The van der Waals surface area contributed by atoms with Crippen LogP contribution < -0.4 is 5.32 Å². The number of piperidine rings is 1. The van der Waals surface area contributed by atoms with Gasteiger partial charge in [0.05, 0.1) is 5.69 Å². The number of nitrogens with zero attached hydrogens (tertiary/aromatic N) is 1. The van der Waals surface area contributed by atoms with E-state index in [0.717, 1.165) is 15.2 Å². The van der Waals surface area contributed by atoms with Crippen LogP contribution in [0.4, 0.5) is 5.69 Å². The first-order chi connectivity index (χ1) is 9.60. The van der Waals surface area contributed by atoms with E-state index in [-0.39, 0.29) is 0 Å². The third kappa shape index (κ3) is 4.37. The lowest BCUT2D eigenvalue weighted by molar-refractivity contribution is 0.165. The Balaban J connectivity index is 1.96. The first kappa shape index (κ1) is 16.1. The van der Waals surface area contributed by atoms with E-state index >= 15 is 0 Å². The molecule has 1 aromatic rings. The highest BCUT2D eigenvalue weighted by atomic mass is 79.9. The van der Waals surface area contributed by atoms with Gasteiger partial charge in [-0.1, -0.05) is 18.5 Å². The van der Waals surface area contributed by atoms with Gasteiger partial charge in [-0.05, 0) is 79.3 Å². The minimum absolute atomic E-state index is 0.462.